The first-order chi connectivity index (χ1) is 16.4. The standard InChI is InChI=1S/C33H63/c1-3-5-7-9-11-13-15-17-19-21-23-25-27-29-31-33-32-30-28-26-24-22-20-18-16-14-12-10-8-6-4-2/h29,32-33H,3-28,30H2,1-2H3. The maximum atomic E-state index is 3.37. The van der Waals surface area contributed by atoms with Gasteiger partial charge in [-0.3, -0.25) is 0 Å². The molecule has 0 amide bonds. The molecule has 0 aliphatic rings. The van der Waals surface area contributed by atoms with Crippen LogP contribution >= 0.6 is 0 Å². The Labute approximate surface area is 211 Å². The van der Waals surface area contributed by atoms with Crippen LogP contribution in [0.25, 0.3) is 0 Å². The summed E-state index contributed by atoms with van der Waals surface area (Å²) in [6.07, 6.45) is 48.4. The molecule has 0 nitrogen and oxygen atoms in total. The third-order valence-corrected chi connectivity index (χ3v) is 7.01. The number of hydrogen-bond donors (Lipinski definition) is 0. The lowest BCUT2D eigenvalue weighted by Crippen LogP contribution is -1.82. The van der Waals surface area contributed by atoms with Gasteiger partial charge in [-0.2, -0.15) is 0 Å². The van der Waals surface area contributed by atoms with Crippen LogP contribution in [0.4, 0.5) is 0 Å². The zero-order valence-corrected chi connectivity index (χ0v) is 23.3. The summed E-state index contributed by atoms with van der Waals surface area (Å²) >= 11 is 0. The van der Waals surface area contributed by atoms with E-state index in [9.17, 15) is 0 Å². The van der Waals surface area contributed by atoms with Crippen LogP contribution in [0, 0.1) is 6.08 Å². The Balaban J connectivity index is 3.14. The molecule has 0 heteroatoms. The zero-order valence-electron chi connectivity index (χ0n) is 23.3. The van der Waals surface area contributed by atoms with Crippen LogP contribution in [0.1, 0.15) is 187 Å². The second-order valence-corrected chi connectivity index (χ2v) is 10.5. The molecule has 1 radical (unpaired) electrons. The minimum Gasteiger partial charge on any atom is -0.0839 e. The molecule has 0 atom stereocenters. The van der Waals surface area contributed by atoms with E-state index in [0.29, 0.717) is 0 Å². The smallest absolute Gasteiger partial charge is 0.0230 e. The van der Waals surface area contributed by atoms with Crippen molar-refractivity contribution in [1.29, 1.82) is 0 Å². The lowest BCUT2D eigenvalue weighted by Gasteiger charge is -2.02. The molecular formula is C33H63. The Morgan fingerprint density at radius 3 is 1.03 bits per heavy atom. The monoisotopic (exact) mass is 459 g/mol. The maximum Gasteiger partial charge on any atom is -0.0230 e. The largest absolute Gasteiger partial charge is 0.0839 e. The van der Waals surface area contributed by atoms with Gasteiger partial charge in [0.15, 0.2) is 0 Å². The minimum atomic E-state index is 1.21. The molecule has 0 unspecified atom stereocenters. The Morgan fingerprint density at radius 2 is 0.667 bits per heavy atom. The highest BCUT2D eigenvalue weighted by atomic mass is 14.0. The molecule has 0 spiro atoms. The molecule has 0 aliphatic heterocycles. The second kappa shape index (κ2) is 31.5. The average molecular weight is 460 g/mol. The Bertz CT molecular complexity index is 377. The lowest BCUT2D eigenvalue weighted by molar-refractivity contribution is 0.540. The average Bonchev–Trinajstić information content (AvgIpc) is 2.83. The second-order valence-electron chi connectivity index (χ2n) is 10.5. The summed E-state index contributed by atoms with van der Waals surface area (Å²) in [6, 6.07) is 0. The summed E-state index contributed by atoms with van der Waals surface area (Å²) in [7, 11) is 0. The van der Waals surface area contributed by atoms with Crippen LogP contribution in [-0.2, 0) is 0 Å². The summed E-state index contributed by atoms with van der Waals surface area (Å²) in [4.78, 5) is 0. The van der Waals surface area contributed by atoms with E-state index in [-0.39, 0.29) is 0 Å². The first kappa shape index (κ1) is 32.5. The van der Waals surface area contributed by atoms with E-state index in [1.807, 2.05) is 0 Å². The SMILES string of the molecule is CCCCCCCCCCCCCC/C=[C]/C=CCCCCCCCCCCCCCCC. The van der Waals surface area contributed by atoms with E-state index in [1.165, 1.54) is 173 Å². The van der Waals surface area contributed by atoms with Gasteiger partial charge >= 0.3 is 0 Å². The molecule has 0 saturated carbocycles. The van der Waals surface area contributed by atoms with Crippen LogP contribution < -0.4 is 0 Å². The van der Waals surface area contributed by atoms with Crippen molar-refractivity contribution in [1.82, 2.24) is 0 Å². The van der Waals surface area contributed by atoms with E-state index in [2.05, 4.69) is 38.2 Å². The number of hydrogen-bond acceptors (Lipinski definition) is 0. The zero-order chi connectivity index (χ0) is 23.9. The third kappa shape index (κ3) is 31.5. The van der Waals surface area contributed by atoms with Crippen molar-refractivity contribution >= 4 is 0 Å². The molecule has 0 fully saturated rings. The maximum absolute atomic E-state index is 3.37. The molecule has 0 aromatic heterocycles. The lowest BCUT2D eigenvalue weighted by atomic mass is 10.0. The topological polar surface area (TPSA) is 0 Å². The number of unbranched alkanes of at least 4 members (excludes halogenated alkanes) is 25. The van der Waals surface area contributed by atoms with Gasteiger partial charge in [0, 0.05) is 0 Å². The highest BCUT2D eigenvalue weighted by Crippen LogP contribution is 2.14. The number of allylic oxidation sites excluding steroid dienone is 4. The van der Waals surface area contributed by atoms with Crippen molar-refractivity contribution < 1.29 is 0 Å². The first-order valence-corrected chi connectivity index (χ1v) is 15.6. The Hall–Kier alpha value is -0.520. The van der Waals surface area contributed by atoms with Gasteiger partial charge in [-0.15, -0.1) is 0 Å². The minimum absolute atomic E-state index is 1.21. The molecule has 0 rings (SSSR count). The van der Waals surface area contributed by atoms with Crippen LogP contribution in [-0.4, -0.2) is 0 Å². The first-order valence-electron chi connectivity index (χ1n) is 15.6. The van der Waals surface area contributed by atoms with E-state index >= 15 is 0 Å². The van der Waals surface area contributed by atoms with Crippen LogP contribution in [0.2, 0.25) is 0 Å². The molecule has 33 heavy (non-hydrogen) atoms. The van der Waals surface area contributed by atoms with E-state index < -0.39 is 0 Å². The van der Waals surface area contributed by atoms with Crippen molar-refractivity contribution in [2.45, 2.75) is 187 Å². The van der Waals surface area contributed by atoms with Gasteiger partial charge in [0.2, 0.25) is 0 Å². The van der Waals surface area contributed by atoms with Crippen molar-refractivity contribution in [3.8, 4) is 0 Å². The van der Waals surface area contributed by atoms with Gasteiger partial charge in [-0.05, 0) is 31.8 Å². The molecule has 0 aromatic carbocycles. The Morgan fingerprint density at radius 1 is 0.364 bits per heavy atom. The van der Waals surface area contributed by atoms with Gasteiger partial charge < -0.3 is 0 Å². The molecule has 0 saturated heterocycles. The van der Waals surface area contributed by atoms with Gasteiger partial charge in [0.1, 0.15) is 0 Å². The van der Waals surface area contributed by atoms with Crippen LogP contribution in [0.5, 0.6) is 0 Å². The fourth-order valence-corrected chi connectivity index (χ4v) is 4.67. The molecule has 0 bridgehead atoms. The summed E-state index contributed by atoms with van der Waals surface area (Å²) in [5.41, 5.74) is 0. The van der Waals surface area contributed by atoms with Gasteiger partial charge in [0.25, 0.3) is 0 Å². The van der Waals surface area contributed by atoms with Crippen molar-refractivity contribution in [2.24, 2.45) is 0 Å². The molecule has 195 valence electrons. The van der Waals surface area contributed by atoms with Gasteiger partial charge in [-0.25, -0.2) is 0 Å². The van der Waals surface area contributed by atoms with E-state index in [4.69, 9.17) is 0 Å². The highest BCUT2D eigenvalue weighted by molar-refractivity contribution is 4.94. The van der Waals surface area contributed by atoms with Crippen molar-refractivity contribution in [3.63, 3.8) is 0 Å². The van der Waals surface area contributed by atoms with E-state index in [1.54, 1.807) is 0 Å². The van der Waals surface area contributed by atoms with Crippen LogP contribution in [0.3, 0.4) is 0 Å². The van der Waals surface area contributed by atoms with Gasteiger partial charge in [-0.1, -0.05) is 180 Å². The summed E-state index contributed by atoms with van der Waals surface area (Å²) in [5.74, 6) is 0. The van der Waals surface area contributed by atoms with E-state index in [0.717, 1.165) is 0 Å². The van der Waals surface area contributed by atoms with Crippen molar-refractivity contribution in [3.05, 3.63) is 24.3 Å². The third-order valence-electron chi connectivity index (χ3n) is 7.01. The Kier molecular flexibility index (Phi) is 31.0. The molecule has 0 N–H and O–H groups in total. The predicted molar refractivity (Wildman–Crippen MR) is 153 cm³/mol. The molecule has 0 heterocycles. The van der Waals surface area contributed by atoms with Gasteiger partial charge in [0.05, 0.1) is 0 Å². The summed E-state index contributed by atoms with van der Waals surface area (Å²) in [5, 5.41) is 0. The molecule has 0 aromatic rings. The number of rotatable bonds is 28. The molecule has 0 aliphatic carbocycles. The fraction of sp³-hybridized carbons (Fsp3) is 0.879. The highest BCUT2D eigenvalue weighted by Gasteiger charge is 1.94. The fourth-order valence-electron chi connectivity index (χ4n) is 4.67. The van der Waals surface area contributed by atoms with Crippen LogP contribution in [0.15, 0.2) is 18.2 Å². The van der Waals surface area contributed by atoms with Crippen molar-refractivity contribution in [2.75, 3.05) is 0 Å². The predicted octanol–water partition coefficient (Wildman–Crippen LogP) is 12.5. The normalized spacial score (nSPS) is 11.9. The summed E-state index contributed by atoms with van der Waals surface area (Å²) < 4.78 is 0. The quantitative estimate of drug-likeness (QED) is 0.0805. The summed E-state index contributed by atoms with van der Waals surface area (Å²) in [6.45, 7) is 4.60. The molecular weight excluding hydrogens is 396 g/mol.